The highest BCUT2D eigenvalue weighted by Crippen LogP contribution is 2.23. The molecular formula is C42H80N2O17Si2. The SMILES string of the molecule is C[Si](C)(CCCNC(=O)OC(COC(=O)CCCCCO)COC(=O)CCCCCO)O[Si](C)(C)CCCNC(=O)OC(COC(=O)CCCCCO)COC(=O)CCCCCO. The molecule has 0 saturated carbocycles. The molecule has 0 saturated heterocycles. The van der Waals surface area contributed by atoms with Gasteiger partial charge in [0.2, 0.25) is 0 Å². The minimum absolute atomic E-state index is 0.0393. The van der Waals surface area contributed by atoms with Gasteiger partial charge in [-0.1, -0.05) is 25.7 Å². The van der Waals surface area contributed by atoms with Gasteiger partial charge in [0.15, 0.2) is 28.8 Å². The van der Waals surface area contributed by atoms with E-state index in [0.29, 0.717) is 103 Å². The Kier molecular flexibility index (Phi) is 36.0. The summed E-state index contributed by atoms with van der Waals surface area (Å²) in [6, 6.07) is 1.47. The van der Waals surface area contributed by atoms with E-state index in [9.17, 15) is 28.8 Å². The van der Waals surface area contributed by atoms with Crippen molar-refractivity contribution < 1.29 is 81.7 Å². The van der Waals surface area contributed by atoms with E-state index in [2.05, 4.69) is 36.8 Å². The van der Waals surface area contributed by atoms with E-state index in [-0.39, 0.29) is 78.5 Å². The Morgan fingerprint density at radius 3 is 0.937 bits per heavy atom. The van der Waals surface area contributed by atoms with Gasteiger partial charge in [-0.3, -0.25) is 19.2 Å². The van der Waals surface area contributed by atoms with Gasteiger partial charge in [0, 0.05) is 65.2 Å². The molecule has 63 heavy (non-hydrogen) atoms. The van der Waals surface area contributed by atoms with E-state index in [4.69, 9.17) is 53.0 Å². The van der Waals surface area contributed by atoms with Crippen LogP contribution in [0.15, 0.2) is 0 Å². The monoisotopic (exact) mass is 940 g/mol. The number of carbonyl (C=O) groups excluding carboxylic acids is 6. The number of amides is 2. The number of rotatable bonds is 40. The van der Waals surface area contributed by atoms with Crippen molar-refractivity contribution >= 4 is 52.7 Å². The Balaban J connectivity index is 4.88. The van der Waals surface area contributed by atoms with Gasteiger partial charge in [0.1, 0.15) is 26.4 Å². The maximum Gasteiger partial charge on any atom is 0.407 e. The summed E-state index contributed by atoms with van der Waals surface area (Å²) in [5.74, 6) is -1.96. The zero-order chi connectivity index (χ0) is 47.2. The van der Waals surface area contributed by atoms with Crippen molar-refractivity contribution in [2.45, 2.75) is 166 Å². The molecule has 0 fully saturated rings. The summed E-state index contributed by atoms with van der Waals surface area (Å²) >= 11 is 0. The molecule has 368 valence electrons. The van der Waals surface area contributed by atoms with Gasteiger partial charge in [-0.15, -0.1) is 0 Å². The second kappa shape index (κ2) is 38.0. The third-order valence-electron chi connectivity index (χ3n) is 9.43. The van der Waals surface area contributed by atoms with Crippen molar-refractivity contribution in [3.8, 4) is 0 Å². The molecule has 0 aliphatic rings. The van der Waals surface area contributed by atoms with Crippen LogP contribution < -0.4 is 10.6 Å². The number of hydrogen-bond acceptors (Lipinski definition) is 17. The molecule has 0 unspecified atom stereocenters. The molecule has 0 heterocycles. The smallest absolute Gasteiger partial charge is 0.407 e. The molecule has 0 aliphatic carbocycles. The average Bonchev–Trinajstić information content (AvgIpc) is 3.23. The molecule has 0 aromatic rings. The van der Waals surface area contributed by atoms with Gasteiger partial charge in [-0.25, -0.2) is 9.59 Å². The zero-order valence-corrected chi connectivity index (χ0v) is 40.5. The first kappa shape index (κ1) is 59.7. The van der Waals surface area contributed by atoms with Crippen LogP contribution in [0.25, 0.3) is 0 Å². The van der Waals surface area contributed by atoms with Crippen LogP contribution in [0, 0.1) is 0 Å². The van der Waals surface area contributed by atoms with Gasteiger partial charge in [0.05, 0.1) is 0 Å². The molecule has 0 radical (unpaired) electrons. The molecule has 19 nitrogen and oxygen atoms in total. The van der Waals surface area contributed by atoms with Crippen molar-refractivity contribution in [1.29, 1.82) is 0 Å². The van der Waals surface area contributed by atoms with Gasteiger partial charge in [0.25, 0.3) is 0 Å². The summed E-state index contributed by atoms with van der Waals surface area (Å²) < 4.78 is 38.7. The number of nitrogens with one attached hydrogen (secondary N) is 2. The zero-order valence-electron chi connectivity index (χ0n) is 38.5. The number of aliphatic hydroxyl groups excluding tert-OH is 4. The molecule has 6 N–H and O–H groups in total. The first-order valence-corrected chi connectivity index (χ1v) is 28.9. The summed E-state index contributed by atoms with van der Waals surface area (Å²) in [5, 5.41) is 41.1. The van der Waals surface area contributed by atoms with E-state index in [1.807, 2.05) is 0 Å². The number of unbranched alkanes of at least 4 members (excludes halogenated alkanes) is 8. The van der Waals surface area contributed by atoms with E-state index in [0.717, 1.165) is 12.1 Å². The lowest BCUT2D eigenvalue weighted by Gasteiger charge is -2.34. The van der Waals surface area contributed by atoms with Crippen molar-refractivity contribution in [1.82, 2.24) is 10.6 Å². The second-order valence-electron chi connectivity index (χ2n) is 16.6. The topological polar surface area (TPSA) is 272 Å². The highest BCUT2D eigenvalue weighted by atomic mass is 28.4. The quantitative estimate of drug-likeness (QED) is 0.0209. The molecule has 2 amide bonds. The number of hydrogen-bond donors (Lipinski definition) is 6. The number of alkyl carbamates (subject to hydrolysis) is 2. The first-order valence-electron chi connectivity index (χ1n) is 22.7. The third kappa shape index (κ3) is 37.7. The molecule has 21 heteroatoms. The molecule has 0 rings (SSSR count). The second-order valence-corrected chi connectivity index (χ2v) is 25.5. The molecule has 0 aromatic carbocycles. The average molecular weight is 941 g/mol. The van der Waals surface area contributed by atoms with Crippen molar-refractivity contribution in [2.24, 2.45) is 0 Å². The lowest BCUT2D eigenvalue weighted by molar-refractivity contribution is -0.154. The summed E-state index contributed by atoms with van der Waals surface area (Å²) in [6.45, 7) is 8.01. The maximum atomic E-state index is 12.7. The van der Waals surface area contributed by atoms with Crippen LogP contribution >= 0.6 is 0 Å². The summed E-state index contributed by atoms with van der Waals surface area (Å²) in [5.41, 5.74) is 0. The number of carbonyl (C=O) groups is 6. The molecule has 0 atom stereocenters. The van der Waals surface area contributed by atoms with Gasteiger partial charge < -0.3 is 63.6 Å². The van der Waals surface area contributed by atoms with Crippen molar-refractivity contribution in [3.63, 3.8) is 0 Å². The Hall–Kier alpha value is -3.35. The Bertz CT molecular complexity index is 1110. The van der Waals surface area contributed by atoms with Crippen LogP contribution in [-0.2, 0) is 51.7 Å². The lowest BCUT2D eigenvalue weighted by Crippen LogP contribution is -2.45. The van der Waals surface area contributed by atoms with Crippen molar-refractivity contribution in [3.05, 3.63) is 0 Å². The third-order valence-corrected chi connectivity index (χ3v) is 17.0. The van der Waals surface area contributed by atoms with Crippen LogP contribution in [0.2, 0.25) is 38.3 Å². The molecule has 0 aromatic heterocycles. The summed E-state index contributed by atoms with van der Waals surface area (Å²) in [6.07, 6.45) is 5.41. The Morgan fingerprint density at radius 1 is 0.413 bits per heavy atom. The maximum absolute atomic E-state index is 12.7. The van der Waals surface area contributed by atoms with Crippen LogP contribution in [0.1, 0.15) is 116 Å². The Morgan fingerprint density at radius 2 is 0.683 bits per heavy atom. The van der Waals surface area contributed by atoms with Gasteiger partial charge >= 0.3 is 36.1 Å². The fraction of sp³-hybridized carbons (Fsp3) is 0.857. The molecule has 0 aliphatic heterocycles. The van der Waals surface area contributed by atoms with E-state index in [1.54, 1.807) is 0 Å². The first-order chi connectivity index (χ1) is 30.1. The highest BCUT2D eigenvalue weighted by Gasteiger charge is 2.32. The molecule has 0 bridgehead atoms. The Labute approximate surface area is 376 Å². The molecular weight excluding hydrogens is 861 g/mol. The lowest BCUT2D eigenvalue weighted by atomic mass is 10.2. The van der Waals surface area contributed by atoms with Gasteiger partial charge in [-0.05, 0) is 102 Å². The van der Waals surface area contributed by atoms with Crippen LogP contribution in [0.4, 0.5) is 9.59 Å². The van der Waals surface area contributed by atoms with Crippen LogP contribution in [-0.4, -0.2) is 151 Å². The predicted molar refractivity (Wildman–Crippen MR) is 237 cm³/mol. The van der Waals surface area contributed by atoms with E-state index >= 15 is 0 Å². The van der Waals surface area contributed by atoms with E-state index < -0.39 is 64.9 Å². The number of esters is 4. The van der Waals surface area contributed by atoms with Gasteiger partial charge in [-0.2, -0.15) is 0 Å². The fourth-order valence-electron chi connectivity index (χ4n) is 6.14. The largest absolute Gasteiger partial charge is 0.462 e. The normalized spacial score (nSPS) is 11.6. The minimum atomic E-state index is -2.18. The standard InChI is InChI=1S/C42H80N2O17Si2/c1-62(2,29-17-23-43-41(53)59-35(31-55-37(49)19-9-5-13-25-45)32-56-38(50)20-10-6-14-26-46)61-63(3,4)30-18-24-44-42(54)60-36(33-57-39(51)21-11-7-15-27-47)34-58-40(52)22-12-8-16-28-48/h35-36,45-48H,5-34H2,1-4H3,(H,43,53)(H,44,54). The van der Waals surface area contributed by atoms with Crippen molar-refractivity contribution in [2.75, 3.05) is 65.9 Å². The summed E-state index contributed by atoms with van der Waals surface area (Å²) in [7, 11) is -4.37. The minimum Gasteiger partial charge on any atom is -0.462 e. The predicted octanol–water partition coefficient (Wildman–Crippen LogP) is 4.77. The summed E-state index contributed by atoms with van der Waals surface area (Å²) in [4.78, 5) is 74.2. The number of ether oxygens (including phenoxy) is 6. The molecule has 0 spiro atoms. The van der Waals surface area contributed by atoms with Crippen LogP contribution in [0.5, 0.6) is 0 Å². The fourth-order valence-corrected chi connectivity index (χ4v) is 15.0. The number of aliphatic hydroxyl groups is 4. The van der Waals surface area contributed by atoms with E-state index in [1.165, 1.54) is 0 Å². The highest BCUT2D eigenvalue weighted by molar-refractivity contribution is 6.84. The van der Waals surface area contributed by atoms with Crippen LogP contribution in [0.3, 0.4) is 0 Å².